The van der Waals surface area contributed by atoms with E-state index in [0.717, 1.165) is 29.6 Å². The monoisotopic (exact) mass is 377 g/mol. The highest BCUT2D eigenvalue weighted by Crippen LogP contribution is 2.49. The fraction of sp³-hybridized carbons (Fsp3) is 0.261. The van der Waals surface area contributed by atoms with E-state index in [4.69, 9.17) is 0 Å². The van der Waals surface area contributed by atoms with Crippen molar-refractivity contribution in [3.63, 3.8) is 0 Å². The Balaban J connectivity index is 1.81. The van der Waals surface area contributed by atoms with Gasteiger partial charge < -0.3 is 0 Å². The third kappa shape index (κ3) is 3.19. The predicted molar refractivity (Wildman–Crippen MR) is 110 cm³/mol. The van der Waals surface area contributed by atoms with Crippen molar-refractivity contribution in [1.82, 2.24) is 0 Å². The van der Waals surface area contributed by atoms with Crippen LogP contribution < -0.4 is 0 Å². The van der Waals surface area contributed by atoms with Crippen molar-refractivity contribution in [1.29, 1.82) is 0 Å². The lowest BCUT2D eigenvalue weighted by Gasteiger charge is -2.22. The minimum absolute atomic E-state index is 0.225. The van der Waals surface area contributed by atoms with Crippen LogP contribution in [0.15, 0.2) is 75.0 Å². The SMILES string of the molecule is Cc1ccc(S(=O)(=O)/N=C/C2=C3C(=CC2(C)C)CCc2ccccc23)cc1. The van der Waals surface area contributed by atoms with Gasteiger partial charge in [0.05, 0.1) is 4.90 Å². The van der Waals surface area contributed by atoms with E-state index in [2.05, 4.69) is 42.5 Å². The highest BCUT2D eigenvalue weighted by molar-refractivity contribution is 7.90. The zero-order chi connectivity index (χ0) is 19.2. The zero-order valence-corrected chi connectivity index (χ0v) is 16.7. The number of allylic oxidation sites excluding steroid dienone is 4. The number of rotatable bonds is 3. The van der Waals surface area contributed by atoms with Gasteiger partial charge in [0.25, 0.3) is 10.0 Å². The molecular formula is C23H23NO2S. The minimum atomic E-state index is -3.72. The highest BCUT2D eigenvalue weighted by atomic mass is 32.2. The number of aryl methyl sites for hydroxylation is 2. The molecule has 0 atom stereocenters. The smallest absolute Gasteiger partial charge is 0.199 e. The highest BCUT2D eigenvalue weighted by Gasteiger charge is 2.35. The minimum Gasteiger partial charge on any atom is -0.199 e. The largest absolute Gasteiger partial charge is 0.282 e. The maximum absolute atomic E-state index is 12.7. The number of benzene rings is 2. The van der Waals surface area contributed by atoms with Crippen molar-refractivity contribution in [2.75, 3.05) is 0 Å². The first-order chi connectivity index (χ1) is 12.8. The Hall–Kier alpha value is -2.46. The van der Waals surface area contributed by atoms with Crippen LogP contribution in [-0.4, -0.2) is 14.6 Å². The van der Waals surface area contributed by atoms with Crippen molar-refractivity contribution in [2.45, 2.75) is 38.5 Å². The number of hydrogen-bond acceptors (Lipinski definition) is 2. The molecule has 0 saturated carbocycles. The van der Waals surface area contributed by atoms with Gasteiger partial charge in [0.2, 0.25) is 0 Å². The Kier molecular flexibility index (Phi) is 4.19. The summed E-state index contributed by atoms with van der Waals surface area (Å²) < 4.78 is 29.4. The van der Waals surface area contributed by atoms with Crippen LogP contribution in [0.25, 0.3) is 5.57 Å². The molecule has 138 valence electrons. The summed E-state index contributed by atoms with van der Waals surface area (Å²) in [6.45, 7) is 6.17. The van der Waals surface area contributed by atoms with Crippen LogP contribution >= 0.6 is 0 Å². The summed E-state index contributed by atoms with van der Waals surface area (Å²) in [6.07, 6.45) is 5.83. The first kappa shape index (κ1) is 17.9. The van der Waals surface area contributed by atoms with E-state index in [1.54, 1.807) is 30.5 Å². The van der Waals surface area contributed by atoms with Crippen molar-refractivity contribution in [3.05, 3.63) is 82.4 Å². The van der Waals surface area contributed by atoms with Crippen LogP contribution in [0.1, 0.15) is 37.0 Å². The van der Waals surface area contributed by atoms with Gasteiger partial charge in [-0.1, -0.05) is 61.9 Å². The average molecular weight is 378 g/mol. The zero-order valence-electron chi connectivity index (χ0n) is 15.9. The molecule has 4 rings (SSSR count). The summed E-state index contributed by atoms with van der Waals surface area (Å²) in [5.74, 6) is 0. The molecule has 0 fully saturated rings. The molecule has 27 heavy (non-hydrogen) atoms. The van der Waals surface area contributed by atoms with Crippen LogP contribution in [0.2, 0.25) is 0 Å². The second-order valence-corrected chi connectivity index (χ2v) is 9.49. The molecule has 0 aromatic heterocycles. The Morgan fingerprint density at radius 3 is 2.44 bits per heavy atom. The fourth-order valence-electron chi connectivity index (χ4n) is 3.97. The van der Waals surface area contributed by atoms with Gasteiger partial charge in [0.15, 0.2) is 0 Å². The number of nitrogens with zero attached hydrogens (tertiary/aromatic N) is 1. The molecule has 2 aliphatic rings. The Labute approximate surface area is 161 Å². The van der Waals surface area contributed by atoms with Gasteiger partial charge in [0, 0.05) is 11.6 Å². The molecule has 2 aromatic carbocycles. The number of hydrogen-bond donors (Lipinski definition) is 0. The van der Waals surface area contributed by atoms with E-state index in [-0.39, 0.29) is 10.3 Å². The van der Waals surface area contributed by atoms with Crippen LogP contribution in [0.5, 0.6) is 0 Å². The van der Waals surface area contributed by atoms with E-state index in [1.165, 1.54) is 16.7 Å². The van der Waals surface area contributed by atoms with Crippen molar-refractivity contribution >= 4 is 21.8 Å². The van der Waals surface area contributed by atoms with E-state index in [1.807, 2.05) is 13.0 Å². The Morgan fingerprint density at radius 1 is 1.00 bits per heavy atom. The van der Waals surface area contributed by atoms with Crippen LogP contribution in [0, 0.1) is 12.3 Å². The average Bonchev–Trinajstić information content (AvgIpc) is 2.90. The fourth-order valence-corrected chi connectivity index (χ4v) is 4.82. The second-order valence-electron chi connectivity index (χ2n) is 7.86. The summed E-state index contributed by atoms with van der Waals surface area (Å²) >= 11 is 0. The van der Waals surface area contributed by atoms with Gasteiger partial charge in [-0.25, -0.2) is 0 Å². The van der Waals surface area contributed by atoms with Crippen molar-refractivity contribution in [2.24, 2.45) is 9.81 Å². The molecule has 2 aliphatic carbocycles. The van der Waals surface area contributed by atoms with Crippen LogP contribution in [0.3, 0.4) is 0 Å². The summed E-state index contributed by atoms with van der Waals surface area (Å²) in [5, 5.41) is 0. The van der Waals surface area contributed by atoms with E-state index >= 15 is 0 Å². The maximum Gasteiger partial charge on any atom is 0.282 e. The third-order valence-corrected chi connectivity index (χ3v) is 6.66. The molecule has 0 bridgehead atoms. The van der Waals surface area contributed by atoms with Crippen molar-refractivity contribution in [3.8, 4) is 0 Å². The molecule has 0 saturated heterocycles. The Bertz CT molecular complexity index is 1100. The molecule has 0 unspecified atom stereocenters. The molecular weight excluding hydrogens is 354 g/mol. The lowest BCUT2D eigenvalue weighted by atomic mass is 9.82. The predicted octanol–water partition coefficient (Wildman–Crippen LogP) is 5.12. The molecule has 4 heteroatoms. The van der Waals surface area contributed by atoms with E-state index in [0.29, 0.717) is 0 Å². The molecule has 2 aromatic rings. The number of sulfonamides is 1. The lowest BCUT2D eigenvalue weighted by molar-refractivity contribution is 0.597. The Morgan fingerprint density at radius 2 is 1.70 bits per heavy atom. The van der Waals surface area contributed by atoms with Gasteiger partial charge >= 0.3 is 0 Å². The molecule has 0 heterocycles. The third-order valence-electron chi connectivity index (χ3n) is 5.41. The summed E-state index contributed by atoms with van der Waals surface area (Å²) in [7, 11) is -3.72. The summed E-state index contributed by atoms with van der Waals surface area (Å²) in [4.78, 5) is 0.225. The molecule has 3 nitrogen and oxygen atoms in total. The van der Waals surface area contributed by atoms with Gasteiger partial charge in [0.1, 0.15) is 0 Å². The van der Waals surface area contributed by atoms with E-state index < -0.39 is 10.0 Å². The molecule has 0 aliphatic heterocycles. The van der Waals surface area contributed by atoms with Crippen LogP contribution in [-0.2, 0) is 16.4 Å². The quantitative estimate of drug-likeness (QED) is 0.697. The van der Waals surface area contributed by atoms with Gasteiger partial charge in [-0.05, 0) is 59.7 Å². The van der Waals surface area contributed by atoms with Crippen molar-refractivity contribution < 1.29 is 8.42 Å². The van der Waals surface area contributed by atoms with Gasteiger partial charge in [-0.3, -0.25) is 0 Å². The summed E-state index contributed by atoms with van der Waals surface area (Å²) in [5.41, 5.74) is 6.73. The molecule has 0 amide bonds. The van der Waals surface area contributed by atoms with E-state index in [9.17, 15) is 8.42 Å². The number of fused-ring (bicyclic) bond motifs is 3. The van der Waals surface area contributed by atoms with Gasteiger partial charge in [-0.2, -0.15) is 12.8 Å². The molecule has 0 spiro atoms. The normalized spacial score (nSPS) is 18.4. The maximum atomic E-state index is 12.7. The standard InChI is InChI=1S/C23H23NO2S/c1-16-8-12-19(13-9-16)27(25,26)24-15-21-22-18(14-23(21,2)3)11-10-17-6-4-5-7-20(17)22/h4-9,12-15H,10-11H2,1-3H3/b24-15+. The molecule has 0 radical (unpaired) electrons. The first-order valence-electron chi connectivity index (χ1n) is 9.20. The van der Waals surface area contributed by atoms with Crippen LogP contribution in [0.4, 0.5) is 0 Å². The first-order valence-corrected chi connectivity index (χ1v) is 10.6. The molecule has 0 N–H and O–H groups in total. The van der Waals surface area contributed by atoms with Gasteiger partial charge in [-0.15, -0.1) is 0 Å². The topological polar surface area (TPSA) is 46.5 Å². The second kappa shape index (κ2) is 6.31. The lowest BCUT2D eigenvalue weighted by Crippen LogP contribution is -2.12. The summed E-state index contributed by atoms with van der Waals surface area (Å²) in [6, 6.07) is 15.2.